The van der Waals surface area contributed by atoms with Crippen LogP contribution in [0, 0.1) is 0 Å². The van der Waals surface area contributed by atoms with Crippen molar-refractivity contribution in [2.45, 2.75) is 0 Å². The molecule has 0 saturated carbocycles. The van der Waals surface area contributed by atoms with Gasteiger partial charge in [-0.15, -0.1) is 0 Å². The number of hydrogen-bond acceptors (Lipinski definition) is 1. The second-order valence-corrected chi connectivity index (χ2v) is 11.3. The lowest BCUT2D eigenvalue weighted by Crippen LogP contribution is -1.94. The lowest BCUT2D eigenvalue weighted by molar-refractivity contribution is 1.17. The smallest absolute Gasteiger partial charge is 0.0730 e. The van der Waals surface area contributed by atoms with Crippen LogP contribution in [0.5, 0.6) is 0 Å². The maximum Gasteiger partial charge on any atom is 0.0730 e. The number of nitrogens with zero attached hydrogens (tertiary/aromatic N) is 3. The average Bonchev–Trinajstić information content (AvgIpc) is 3.62. The highest BCUT2D eigenvalue weighted by molar-refractivity contribution is 6.17. The van der Waals surface area contributed by atoms with Gasteiger partial charge in [0.2, 0.25) is 0 Å². The Morgan fingerprint density at radius 1 is 0.364 bits per heavy atom. The van der Waals surface area contributed by atoms with Crippen molar-refractivity contribution >= 4 is 43.6 Å². The maximum atomic E-state index is 4.77. The Balaban J connectivity index is 1.26. The van der Waals surface area contributed by atoms with Crippen LogP contribution in [0.3, 0.4) is 0 Å². The molecule has 0 aliphatic carbocycles. The van der Waals surface area contributed by atoms with E-state index in [1.54, 1.807) is 0 Å². The van der Waals surface area contributed by atoms with Gasteiger partial charge in [0.25, 0.3) is 0 Å². The Bertz CT molecular complexity index is 2470. The van der Waals surface area contributed by atoms with Crippen LogP contribution in [-0.4, -0.2) is 14.1 Å². The fourth-order valence-corrected chi connectivity index (χ4v) is 6.84. The number of aromatic nitrogens is 3. The first kappa shape index (κ1) is 24.6. The summed E-state index contributed by atoms with van der Waals surface area (Å²) in [7, 11) is 0. The highest BCUT2D eigenvalue weighted by Gasteiger charge is 2.18. The summed E-state index contributed by atoms with van der Waals surface area (Å²) in [6.07, 6.45) is 4.02. The highest BCUT2D eigenvalue weighted by atomic mass is 15.0. The molecule has 0 bridgehead atoms. The van der Waals surface area contributed by atoms with E-state index >= 15 is 0 Å². The van der Waals surface area contributed by atoms with Gasteiger partial charge >= 0.3 is 0 Å². The van der Waals surface area contributed by atoms with Crippen molar-refractivity contribution in [1.82, 2.24) is 14.1 Å². The van der Waals surface area contributed by atoms with E-state index in [-0.39, 0.29) is 0 Å². The second kappa shape index (κ2) is 9.82. The van der Waals surface area contributed by atoms with Gasteiger partial charge in [0.05, 0.1) is 28.3 Å². The van der Waals surface area contributed by atoms with Crippen LogP contribution in [0.2, 0.25) is 0 Å². The van der Waals surface area contributed by atoms with Crippen LogP contribution in [0.15, 0.2) is 164 Å². The van der Waals surface area contributed by atoms with Crippen molar-refractivity contribution in [3.63, 3.8) is 0 Å². The van der Waals surface area contributed by atoms with Gasteiger partial charge in [0.1, 0.15) is 0 Å². The number of pyridine rings is 1. The molecule has 0 saturated heterocycles. The van der Waals surface area contributed by atoms with Crippen LogP contribution in [0.25, 0.3) is 77.2 Å². The normalized spacial score (nSPS) is 11.6. The van der Waals surface area contributed by atoms with Crippen molar-refractivity contribution < 1.29 is 0 Å². The lowest BCUT2D eigenvalue weighted by Gasteiger charge is -2.10. The van der Waals surface area contributed by atoms with Crippen molar-refractivity contribution in [3.05, 3.63) is 164 Å². The molecular weight excluding hydrogens is 534 g/mol. The third-order valence-corrected chi connectivity index (χ3v) is 8.81. The van der Waals surface area contributed by atoms with Gasteiger partial charge in [-0.2, -0.15) is 0 Å². The second-order valence-electron chi connectivity index (χ2n) is 11.3. The molecule has 0 radical (unpaired) electrons. The van der Waals surface area contributed by atoms with E-state index in [1.807, 2.05) is 12.4 Å². The quantitative estimate of drug-likeness (QED) is 0.210. The summed E-state index contributed by atoms with van der Waals surface area (Å²) in [5, 5.41) is 4.92. The average molecular weight is 562 g/mol. The first-order chi connectivity index (χ1) is 21.8. The summed E-state index contributed by atoms with van der Waals surface area (Å²) in [5.41, 5.74) is 11.7. The summed E-state index contributed by atoms with van der Waals surface area (Å²) < 4.78 is 4.70. The maximum absolute atomic E-state index is 4.77. The van der Waals surface area contributed by atoms with Crippen molar-refractivity contribution in [1.29, 1.82) is 0 Å². The number of fused-ring (bicyclic) bond motifs is 6. The Kier molecular flexibility index (Phi) is 5.50. The van der Waals surface area contributed by atoms with E-state index < -0.39 is 0 Å². The molecule has 3 aromatic heterocycles. The molecule has 44 heavy (non-hydrogen) atoms. The first-order valence-electron chi connectivity index (χ1n) is 15.0. The Morgan fingerprint density at radius 3 is 1.68 bits per heavy atom. The van der Waals surface area contributed by atoms with Crippen LogP contribution >= 0.6 is 0 Å². The van der Waals surface area contributed by atoms with E-state index in [0.29, 0.717) is 0 Å². The molecule has 0 aliphatic heterocycles. The van der Waals surface area contributed by atoms with E-state index in [0.717, 1.165) is 28.0 Å². The van der Waals surface area contributed by atoms with Gasteiger partial charge in [0, 0.05) is 44.7 Å². The standard InChI is InChI=1S/C41H27N3/c1-3-11-28(12-4-1)29-19-22-32(23-20-29)43-37-17-9-7-15-33(37)35-25-30(21-24-39(35)43)36-26-42-27-40-41(36)34-16-8-10-18-38(34)44(40)31-13-5-2-6-14-31/h1-27H. The zero-order chi connectivity index (χ0) is 29.0. The molecule has 0 aliphatic rings. The monoisotopic (exact) mass is 561 g/mol. The molecule has 3 heteroatoms. The van der Waals surface area contributed by atoms with Crippen molar-refractivity contribution in [3.8, 4) is 33.6 Å². The fourth-order valence-electron chi connectivity index (χ4n) is 6.84. The topological polar surface area (TPSA) is 22.8 Å². The van der Waals surface area contributed by atoms with Gasteiger partial charge in [-0.05, 0) is 65.2 Å². The summed E-state index contributed by atoms with van der Waals surface area (Å²) in [5.74, 6) is 0. The van der Waals surface area contributed by atoms with Gasteiger partial charge in [-0.3, -0.25) is 4.98 Å². The van der Waals surface area contributed by atoms with Gasteiger partial charge in [0.15, 0.2) is 0 Å². The van der Waals surface area contributed by atoms with Gasteiger partial charge in [-0.25, -0.2) is 0 Å². The molecule has 0 atom stereocenters. The molecule has 9 aromatic rings. The van der Waals surface area contributed by atoms with Gasteiger partial charge < -0.3 is 9.13 Å². The molecule has 0 amide bonds. The summed E-state index contributed by atoms with van der Waals surface area (Å²) >= 11 is 0. The molecule has 0 spiro atoms. The summed E-state index contributed by atoms with van der Waals surface area (Å²) in [6.45, 7) is 0. The Labute approximate surface area is 254 Å². The molecule has 6 aromatic carbocycles. The Morgan fingerprint density at radius 2 is 0.909 bits per heavy atom. The van der Waals surface area contributed by atoms with Gasteiger partial charge in [-0.1, -0.05) is 103 Å². The van der Waals surface area contributed by atoms with Crippen LogP contribution in [0.4, 0.5) is 0 Å². The minimum Gasteiger partial charge on any atom is -0.309 e. The van der Waals surface area contributed by atoms with E-state index in [1.165, 1.54) is 49.2 Å². The highest BCUT2D eigenvalue weighted by Crippen LogP contribution is 2.40. The largest absolute Gasteiger partial charge is 0.309 e. The third kappa shape index (κ3) is 3.73. The van der Waals surface area contributed by atoms with Crippen LogP contribution < -0.4 is 0 Å². The fraction of sp³-hybridized carbons (Fsp3) is 0. The predicted octanol–water partition coefficient (Wildman–Crippen LogP) is 10.6. The number of rotatable bonds is 4. The molecule has 3 nitrogen and oxygen atoms in total. The van der Waals surface area contributed by atoms with Crippen molar-refractivity contribution in [2.75, 3.05) is 0 Å². The van der Waals surface area contributed by atoms with Crippen LogP contribution in [-0.2, 0) is 0 Å². The third-order valence-electron chi connectivity index (χ3n) is 8.81. The molecular formula is C41H27N3. The van der Waals surface area contributed by atoms with Crippen LogP contribution in [0.1, 0.15) is 0 Å². The molecule has 3 heterocycles. The van der Waals surface area contributed by atoms with Crippen molar-refractivity contribution in [2.24, 2.45) is 0 Å². The van der Waals surface area contributed by atoms with E-state index in [2.05, 4.69) is 161 Å². The van der Waals surface area contributed by atoms with E-state index in [4.69, 9.17) is 4.98 Å². The molecule has 0 fully saturated rings. The number of benzene rings is 6. The summed E-state index contributed by atoms with van der Waals surface area (Å²) in [6, 6.07) is 54.2. The molecule has 0 N–H and O–H groups in total. The number of hydrogen-bond donors (Lipinski definition) is 0. The molecule has 0 unspecified atom stereocenters. The zero-order valence-electron chi connectivity index (χ0n) is 23.9. The lowest BCUT2D eigenvalue weighted by atomic mass is 9.99. The zero-order valence-corrected chi connectivity index (χ0v) is 23.9. The predicted molar refractivity (Wildman–Crippen MR) is 184 cm³/mol. The Hall–Kier alpha value is -5.93. The molecule has 206 valence electrons. The molecule has 9 rings (SSSR count). The SMILES string of the molecule is c1ccc(-c2ccc(-n3c4ccccc4c4cc(-c5cncc6c5c5ccccc5n6-c5ccccc5)ccc43)cc2)cc1. The minimum absolute atomic E-state index is 1.11. The number of para-hydroxylation sites is 3. The summed E-state index contributed by atoms with van der Waals surface area (Å²) in [4.78, 5) is 4.77. The minimum atomic E-state index is 1.11. The van der Waals surface area contributed by atoms with E-state index in [9.17, 15) is 0 Å². The first-order valence-corrected chi connectivity index (χ1v) is 15.0.